The fourth-order valence-corrected chi connectivity index (χ4v) is 3.44. The van der Waals surface area contributed by atoms with Crippen LogP contribution < -0.4 is 5.32 Å². The standard InChI is InChI=1S/C16H19N3/c1-18-9-12-3-2-4-14(12)11-5-6-16-15(7-11)13(8-17)10-19-16/h5-7,10,12,14,18-19H,2-4,9H2,1H3. The summed E-state index contributed by atoms with van der Waals surface area (Å²) in [5.74, 6) is 1.37. The number of nitriles is 1. The third kappa shape index (κ3) is 2.13. The van der Waals surface area contributed by atoms with E-state index >= 15 is 0 Å². The molecule has 0 aliphatic heterocycles. The first-order valence-electron chi connectivity index (χ1n) is 6.99. The maximum absolute atomic E-state index is 9.14. The molecule has 1 aromatic heterocycles. The normalized spacial score (nSPS) is 22.7. The molecule has 3 rings (SSSR count). The Morgan fingerprint density at radius 2 is 2.32 bits per heavy atom. The van der Waals surface area contributed by atoms with Gasteiger partial charge in [0.05, 0.1) is 5.56 Å². The summed E-state index contributed by atoms with van der Waals surface area (Å²) in [5, 5.41) is 13.5. The first-order valence-corrected chi connectivity index (χ1v) is 6.99. The molecule has 1 saturated carbocycles. The first-order chi connectivity index (χ1) is 9.33. The van der Waals surface area contributed by atoms with Crippen molar-refractivity contribution in [1.82, 2.24) is 10.3 Å². The molecule has 1 aliphatic rings. The van der Waals surface area contributed by atoms with Gasteiger partial charge < -0.3 is 10.3 Å². The molecule has 1 heterocycles. The number of nitrogens with one attached hydrogen (secondary N) is 2. The number of H-pyrrole nitrogens is 1. The van der Waals surface area contributed by atoms with E-state index in [9.17, 15) is 0 Å². The van der Waals surface area contributed by atoms with Crippen molar-refractivity contribution in [2.24, 2.45) is 5.92 Å². The van der Waals surface area contributed by atoms with E-state index in [0.29, 0.717) is 5.92 Å². The van der Waals surface area contributed by atoms with Crippen LogP contribution in [0.25, 0.3) is 10.9 Å². The molecule has 2 unspecified atom stereocenters. The van der Waals surface area contributed by atoms with Gasteiger partial charge in [-0.05, 0) is 56.0 Å². The highest BCUT2D eigenvalue weighted by atomic mass is 14.8. The highest BCUT2D eigenvalue weighted by Gasteiger charge is 2.28. The van der Waals surface area contributed by atoms with Crippen LogP contribution in [-0.4, -0.2) is 18.6 Å². The topological polar surface area (TPSA) is 51.6 Å². The van der Waals surface area contributed by atoms with E-state index in [1.54, 1.807) is 6.20 Å². The molecule has 1 aliphatic carbocycles. The number of benzene rings is 1. The van der Waals surface area contributed by atoms with Crippen molar-refractivity contribution in [3.05, 3.63) is 35.5 Å². The van der Waals surface area contributed by atoms with Gasteiger partial charge in [-0.15, -0.1) is 0 Å². The number of aromatic amines is 1. The van der Waals surface area contributed by atoms with Gasteiger partial charge in [0.1, 0.15) is 6.07 Å². The summed E-state index contributed by atoms with van der Waals surface area (Å²) in [7, 11) is 2.03. The molecule has 2 N–H and O–H groups in total. The molecule has 2 atom stereocenters. The zero-order valence-electron chi connectivity index (χ0n) is 11.2. The van der Waals surface area contributed by atoms with Crippen LogP contribution in [0.15, 0.2) is 24.4 Å². The zero-order chi connectivity index (χ0) is 13.2. The lowest BCUT2D eigenvalue weighted by Gasteiger charge is -2.19. The molecule has 19 heavy (non-hydrogen) atoms. The molecule has 0 bridgehead atoms. The van der Waals surface area contributed by atoms with Gasteiger partial charge in [0.2, 0.25) is 0 Å². The highest BCUT2D eigenvalue weighted by molar-refractivity contribution is 5.86. The zero-order valence-corrected chi connectivity index (χ0v) is 11.2. The van der Waals surface area contributed by atoms with Gasteiger partial charge in [-0.2, -0.15) is 5.26 Å². The maximum Gasteiger partial charge on any atom is 0.101 e. The van der Waals surface area contributed by atoms with Gasteiger partial charge in [0.15, 0.2) is 0 Å². The lowest BCUT2D eigenvalue weighted by Crippen LogP contribution is -2.20. The van der Waals surface area contributed by atoms with Gasteiger partial charge in [-0.25, -0.2) is 0 Å². The average molecular weight is 253 g/mol. The molecule has 1 aromatic carbocycles. The third-order valence-electron chi connectivity index (χ3n) is 4.38. The predicted molar refractivity (Wildman–Crippen MR) is 77.0 cm³/mol. The van der Waals surface area contributed by atoms with E-state index in [0.717, 1.165) is 28.9 Å². The van der Waals surface area contributed by atoms with Crippen molar-refractivity contribution >= 4 is 10.9 Å². The van der Waals surface area contributed by atoms with Gasteiger partial charge in [-0.1, -0.05) is 12.5 Å². The van der Waals surface area contributed by atoms with Gasteiger partial charge in [0, 0.05) is 17.1 Å². The quantitative estimate of drug-likeness (QED) is 0.883. The summed E-state index contributed by atoms with van der Waals surface area (Å²) in [6, 6.07) is 8.80. The SMILES string of the molecule is CNCC1CCCC1c1ccc2[nH]cc(C#N)c2c1. The summed E-state index contributed by atoms with van der Waals surface area (Å²) in [5.41, 5.74) is 3.20. The molecule has 0 amide bonds. The van der Waals surface area contributed by atoms with Crippen LogP contribution >= 0.6 is 0 Å². The molecule has 98 valence electrons. The van der Waals surface area contributed by atoms with Gasteiger partial charge >= 0.3 is 0 Å². The summed E-state index contributed by atoms with van der Waals surface area (Å²) >= 11 is 0. The van der Waals surface area contributed by atoms with Crippen molar-refractivity contribution in [3.8, 4) is 6.07 Å². The molecular formula is C16H19N3. The Morgan fingerprint density at radius 1 is 1.42 bits per heavy atom. The van der Waals surface area contributed by atoms with Crippen LogP contribution in [0.3, 0.4) is 0 Å². The predicted octanol–water partition coefficient (Wildman–Crippen LogP) is 3.14. The van der Waals surface area contributed by atoms with Crippen LogP contribution in [0.5, 0.6) is 0 Å². The second-order valence-electron chi connectivity index (χ2n) is 5.47. The highest BCUT2D eigenvalue weighted by Crippen LogP contribution is 2.40. The maximum atomic E-state index is 9.14. The van der Waals surface area contributed by atoms with E-state index in [2.05, 4.69) is 34.6 Å². The van der Waals surface area contributed by atoms with Crippen molar-refractivity contribution in [1.29, 1.82) is 5.26 Å². The lowest BCUT2D eigenvalue weighted by molar-refractivity contribution is 0.463. The van der Waals surface area contributed by atoms with E-state index in [-0.39, 0.29) is 0 Å². The number of nitrogens with zero attached hydrogens (tertiary/aromatic N) is 1. The van der Waals surface area contributed by atoms with Crippen molar-refractivity contribution < 1.29 is 0 Å². The minimum absolute atomic E-state index is 0.637. The minimum atomic E-state index is 0.637. The Hall–Kier alpha value is -1.79. The number of hydrogen-bond donors (Lipinski definition) is 2. The van der Waals surface area contributed by atoms with Crippen molar-refractivity contribution in [3.63, 3.8) is 0 Å². The molecule has 2 aromatic rings. The Labute approximate surface area is 113 Å². The molecule has 3 nitrogen and oxygen atoms in total. The average Bonchev–Trinajstić information content (AvgIpc) is 3.04. The smallest absolute Gasteiger partial charge is 0.101 e. The minimum Gasteiger partial charge on any atom is -0.360 e. The molecule has 0 radical (unpaired) electrons. The van der Waals surface area contributed by atoms with E-state index < -0.39 is 0 Å². The largest absolute Gasteiger partial charge is 0.360 e. The molecule has 0 spiro atoms. The number of fused-ring (bicyclic) bond motifs is 1. The lowest BCUT2D eigenvalue weighted by atomic mass is 9.88. The Kier molecular flexibility index (Phi) is 3.27. The van der Waals surface area contributed by atoms with Crippen LogP contribution in [0.2, 0.25) is 0 Å². The van der Waals surface area contributed by atoms with Crippen LogP contribution in [-0.2, 0) is 0 Å². The van der Waals surface area contributed by atoms with E-state index in [1.807, 2.05) is 7.05 Å². The number of rotatable bonds is 3. The van der Waals surface area contributed by atoms with E-state index in [1.165, 1.54) is 24.8 Å². The Morgan fingerprint density at radius 3 is 3.11 bits per heavy atom. The molecule has 3 heteroatoms. The van der Waals surface area contributed by atoms with Crippen molar-refractivity contribution in [2.75, 3.05) is 13.6 Å². The number of aromatic nitrogens is 1. The summed E-state index contributed by atoms with van der Waals surface area (Å²) in [6.45, 7) is 1.08. The van der Waals surface area contributed by atoms with Crippen molar-refractivity contribution in [2.45, 2.75) is 25.2 Å². The molecule has 0 saturated heterocycles. The fraction of sp³-hybridized carbons (Fsp3) is 0.438. The summed E-state index contributed by atoms with van der Waals surface area (Å²) < 4.78 is 0. The fourth-order valence-electron chi connectivity index (χ4n) is 3.44. The third-order valence-corrected chi connectivity index (χ3v) is 4.38. The molecule has 1 fully saturated rings. The summed E-state index contributed by atoms with van der Waals surface area (Å²) in [4.78, 5) is 3.16. The van der Waals surface area contributed by atoms with Crippen LogP contribution in [0.4, 0.5) is 0 Å². The second-order valence-corrected chi connectivity index (χ2v) is 5.47. The molecular weight excluding hydrogens is 234 g/mol. The first kappa shape index (κ1) is 12.3. The van der Waals surface area contributed by atoms with E-state index in [4.69, 9.17) is 5.26 Å². The summed E-state index contributed by atoms with van der Waals surface area (Å²) in [6.07, 6.45) is 5.69. The van der Waals surface area contributed by atoms with Crippen LogP contribution in [0, 0.1) is 17.2 Å². The monoisotopic (exact) mass is 253 g/mol. The Balaban J connectivity index is 1.98. The number of hydrogen-bond acceptors (Lipinski definition) is 2. The second kappa shape index (κ2) is 5.07. The van der Waals surface area contributed by atoms with Gasteiger partial charge in [-0.3, -0.25) is 0 Å². The van der Waals surface area contributed by atoms with Gasteiger partial charge in [0.25, 0.3) is 0 Å². The van der Waals surface area contributed by atoms with Crippen LogP contribution in [0.1, 0.15) is 36.3 Å². The Bertz CT molecular complexity index is 620.